The molecular formula is C15H21N3O3. The average molecular weight is 291 g/mol. The number of amides is 3. The van der Waals surface area contributed by atoms with Crippen molar-refractivity contribution >= 4 is 29.1 Å². The summed E-state index contributed by atoms with van der Waals surface area (Å²) in [6.07, 6.45) is -0.208. The molecule has 1 rings (SSSR count). The summed E-state index contributed by atoms with van der Waals surface area (Å²) in [4.78, 5) is 34.1. The van der Waals surface area contributed by atoms with Crippen LogP contribution in [0.15, 0.2) is 24.3 Å². The van der Waals surface area contributed by atoms with Gasteiger partial charge < -0.3 is 16.0 Å². The van der Waals surface area contributed by atoms with Crippen LogP contribution >= 0.6 is 0 Å². The molecule has 6 heteroatoms. The van der Waals surface area contributed by atoms with E-state index in [9.17, 15) is 14.4 Å². The molecule has 0 aromatic heterocycles. The first-order chi connectivity index (χ1) is 9.86. The molecule has 1 aromatic rings. The van der Waals surface area contributed by atoms with Gasteiger partial charge in [-0.05, 0) is 30.2 Å². The van der Waals surface area contributed by atoms with Gasteiger partial charge in [0.1, 0.15) is 6.42 Å². The normalized spacial score (nSPS) is 10.1. The molecule has 0 aliphatic heterocycles. The molecule has 0 fully saturated rings. The number of hydrogen-bond donors (Lipinski definition) is 3. The number of hydrogen-bond acceptors (Lipinski definition) is 3. The summed E-state index contributed by atoms with van der Waals surface area (Å²) in [5, 5.41) is 7.94. The maximum absolute atomic E-state index is 11.7. The van der Waals surface area contributed by atoms with E-state index < -0.39 is 0 Å². The zero-order valence-electron chi connectivity index (χ0n) is 12.5. The van der Waals surface area contributed by atoms with E-state index in [1.807, 2.05) is 13.8 Å². The Morgan fingerprint density at radius 3 is 1.95 bits per heavy atom. The van der Waals surface area contributed by atoms with Crippen LogP contribution in [0.3, 0.4) is 0 Å². The predicted octanol–water partition coefficient (Wildman–Crippen LogP) is 1.75. The second kappa shape index (κ2) is 8.04. The van der Waals surface area contributed by atoms with E-state index in [1.165, 1.54) is 6.92 Å². The molecule has 0 aliphatic rings. The summed E-state index contributed by atoms with van der Waals surface area (Å²) in [7, 11) is 0. The summed E-state index contributed by atoms with van der Waals surface area (Å²) in [6, 6.07) is 6.68. The number of nitrogens with one attached hydrogen (secondary N) is 3. The van der Waals surface area contributed by atoms with Crippen LogP contribution in [0.4, 0.5) is 11.4 Å². The number of rotatable bonds is 6. The molecule has 6 nitrogen and oxygen atoms in total. The zero-order chi connectivity index (χ0) is 15.8. The highest BCUT2D eigenvalue weighted by molar-refractivity contribution is 6.03. The fourth-order valence-corrected chi connectivity index (χ4v) is 1.57. The molecule has 0 saturated carbocycles. The van der Waals surface area contributed by atoms with E-state index in [1.54, 1.807) is 24.3 Å². The third kappa shape index (κ3) is 7.10. The Hall–Kier alpha value is -2.37. The smallest absolute Gasteiger partial charge is 0.233 e. The molecule has 0 aliphatic carbocycles. The van der Waals surface area contributed by atoms with Crippen molar-refractivity contribution in [3.8, 4) is 0 Å². The molecule has 0 heterocycles. The maximum atomic E-state index is 11.7. The van der Waals surface area contributed by atoms with E-state index in [-0.39, 0.29) is 24.1 Å². The van der Waals surface area contributed by atoms with Crippen LogP contribution in [-0.4, -0.2) is 24.3 Å². The van der Waals surface area contributed by atoms with E-state index in [4.69, 9.17) is 0 Å². The second-order valence-corrected chi connectivity index (χ2v) is 5.18. The Bertz CT molecular complexity index is 509. The topological polar surface area (TPSA) is 87.3 Å². The van der Waals surface area contributed by atoms with Crippen LogP contribution in [0.2, 0.25) is 0 Å². The SMILES string of the molecule is CC(=O)Nc1ccc(NC(=O)CC(=O)NCC(C)C)cc1. The number of carbonyl (C=O) groups is 3. The quantitative estimate of drug-likeness (QED) is 0.698. The highest BCUT2D eigenvalue weighted by Gasteiger charge is 2.09. The average Bonchev–Trinajstić information content (AvgIpc) is 2.38. The number of carbonyl (C=O) groups excluding carboxylic acids is 3. The van der Waals surface area contributed by atoms with Crippen LogP contribution < -0.4 is 16.0 Å². The van der Waals surface area contributed by atoms with Crippen molar-refractivity contribution in [3.63, 3.8) is 0 Å². The minimum Gasteiger partial charge on any atom is -0.355 e. The van der Waals surface area contributed by atoms with Crippen molar-refractivity contribution in [2.75, 3.05) is 17.2 Å². The van der Waals surface area contributed by atoms with Crippen molar-refractivity contribution in [3.05, 3.63) is 24.3 Å². The summed E-state index contributed by atoms with van der Waals surface area (Å²) in [5.41, 5.74) is 1.22. The molecule has 0 unspecified atom stereocenters. The second-order valence-electron chi connectivity index (χ2n) is 5.18. The van der Waals surface area contributed by atoms with E-state index >= 15 is 0 Å². The Balaban J connectivity index is 2.44. The van der Waals surface area contributed by atoms with Gasteiger partial charge in [-0.1, -0.05) is 13.8 Å². The van der Waals surface area contributed by atoms with Crippen molar-refractivity contribution in [1.82, 2.24) is 5.32 Å². The molecule has 3 amide bonds. The van der Waals surface area contributed by atoms with Gasteiger partial charge in [0, 0.05) is 24.8 Å². The third-order valence-corrected chi connectivity index (χ3v) is 2.52. The molecule has 0 bridgehead atoms. The van der Waals surface area contributed by atoms with Crippen LogP contribution in [0.1, 0.15) is 27.2 Å². The lowest BCUT2D eigenvalue weighted by Gasteiger charge is -2.09. The van der Waals surface area contributed by atoms with Gasteiger partial charge >= 0.3 is 0 Å². The highest BCUT2D eigenvalue weighted by Crippen LogP contribution is 2.13. The Kier molecular flexibility index (Phi) is 6.39. The van der Waals surface area contributed by atoms with E-state index in [0.29, 0.717) is 23.8 Å². The van der Waals surface area contributed by atoms with Gasteiger partial charge in [-0.2, -0.15) is 0 Å². The third-order valence-electron chi connectivity index (χ3n) is 2.52. The first-order valence-electron chi connectivity index (χ1n) is 6.81. The summed E-state index contributed by atoms with van der Waals surface area (Å²) >= 11 is 0. The lowest BCUT2D eigenvalue weighted by molar-refractivity contribution is -0.127. The number of anilines is 2. The monoisotopic (exact) mass is 291 g/mol. The minimum absolute atomic E-state index is 0.159. The van der Waals surface area contributed by atoms with Gasteiger partial charge in [0.25, 0.3) is 0 Å². The molecular weight excluding hydrogens is 270 g/mol. The molecule has 0 atom stereocenters. The first kappa shape index (κ1) is 16.7. The zero-order valence-corrected chi connectivity index (χ0v) is 12.5. The van der Waals surface area contributed by atoms with Gasteiger partial charge in [0.2, 0.25) is 17.7 Å². The van der Waals surface area contributed by atoms with Gasteiger partial charge in [-0.15, -0.1) is 0 Å². The van der Waals surface area contributed by atoms with Crippen molar-refractivity contribution < 1.29 is 14.4 Å². The molecule has 0 radical (unpaired) electrons. The van der Waals surface area contributed by atoms with Crippen molar-refractivity contribution in [2.24, 2.45) is 5.92 Å². The maximum Gasteiger partial charge on any atom is 0.233 e. The lowest BCUT2D eigenvalue weighted by atomic mass is 10.2. The van der Waals surface area contributed by atoms with Gasteiger partial charge in [0.05, 0.1) is 0 Å². The van der Waals surface area contributed by atoms with Crippen molar-refractivity contribution in [1.29, 1.82) is 0 Å². The fraction of sp³-hybridized carbons (Fsp3) is 0.400. The number of benzene rings is 1. The molecule has 3 N–H and O–H groups in total. The van der Waals surface area contributed by atoms with E-state index in [2.05, 4.69) is 16.0 Å². The first-order valence-corrected chi connectivity index (χ1v) is 6.81. The van der Waals surface area contributed by atoms with E-state index in [0.717, 1.165) is 0 Å². The Morgan fingerprint density at radius 2 is 1.48 bits per heavy atom. The Morgan fingerprint density at radius 1 is 0.952 bits per heavy atom. The van der Waals surface area contributed by atoms with Gasteiger partial charge in [-0.25, -0.2) is 0 Å². The molecule has 0 saturated heterocycles. The summed E-state index contributed by atoms with van der Waals surface area (Å²) in [6.45, 7) is 5.94. The van der Waals surface area contributed by atoms with Crippen molar-refractivity contribution in [2.45, 2.75) is 27.2 Å². The molecule has 114 valence electrons. The van der Waals surface area contributed by atoms with Crippen LogP contribution in [0.5, 0.6) is 0 Å². The summed E-state index contributed by atoms with van der Waals surface area (Å²) < 4.78 is 0. The van der Waals surface area contributed by atoms with Crippen LogP contribution in [0.25, 0.3) is 0 Å². The molecule has 1 aromatic carbocycles. The Labute approximate surface area is 124 Å². The van der Waals surface area contributed by atoms with Gasteiger partial charge in [-0.3, -0.25) is 14.4 Å². The lowest BCUT2D eigenvalue weighted by Crippen LogP contribution is -2.30. The predicted molar refractivity (Wildman–Crippen MR) is 81.8 cm³/mol. The van der Waals surface area contributed by atoms with Crippen LogP contribution in [0, 0.1) is 5.92 Å². The molecule has 21 heavy (non-hydrogen) atoms. The molecule has 0 spiro atoms. The van der Waals surface area contributed by atoms with Gasteiger partial charge in [0.15, 0.2) is 0 Å². The highest BCUT2D eigenvalue weighted by atomic mass is 16.2. The fourth-order valence-electron chi connectivity index (χ4n) is 1.57. The standard InChI is InChI=1S/C15H21N3O3/c1-10(2)9-16-14(20)8-15(21)18-13-6-4-12(5-7-13)17-11(3)19/h4-7,10H,8-9H2,1-3H3,(H,16,20)(H,17,19)(H,18,21). The largest absolute Gasteiger partial charge is 0.355 e. The summed E-state index contributed by atoms with van der Waals surface area (Å²) in [5.74, 6) is -0.480. The van der Waals surface area contributed by atoms with Crippen LogP contribution in [-0.2, 0) is 14.4 Å². The minimum atomic E-state index is -0.372.